The molecule has 0 saturated heterocycles. The lowest BCUT2D eigenvalue weighted by atomic mass is 10.1. The Morgan fingerprint density at radius 3 is 3.00 bits per heavy atom. The summed E-state index contributed by atoms with van der Waals surface area (Å²) < 4.78 is 9.15. The molecule has 0 amide bonds. The normalized spacial score (nSPS) is 16.4. The molecule has 28 heavy (non-hydrogen) atoms. The van der Waals surface area contributed by atoms with Gasteiger partial charge in [-0.25, -0.2) is 9.67 Å². The van der Waals surface area contributed by atoms with E-state index in [1.54, 1.807) is 13.4 Å². The number of guanidine groups is 1. The fraction of sp³-hybridized carbons (Fsp3) is 0.706. The summed E-state index contributed by atoms with van der Waals surface area (Å²) in [7, 11) is 1.66. The summed E-state index contributed by atoms with van der Waals surface area (Å²) in [6, 6.07) is 0.272. The molecule has 0 aromatic carbocycles. The predicted octanol–water partition coefficient (Wildman–Crippen LogP) is 0.766. The number of fused-ring (bicyclic) bond motifs is 1. The predicted molar refractivity (Wildman–Crippen MR) is 117 cm³/mol. The van der Waals surface area contributed by atoms with E-state index in [9.17, 15) is 0 Å². The molecular weight excluding hydrogens is 473 g/mol. The molecule has 1 unspecified atom stereocenters. The molecule has 0 saturated carbocycles. The van der Waals surface area contributed by atoms with Gasteiger partial charge in [0.05, 0.1) is 13.1 Å². The van der Waals surface area contributed by atoms with Gasteiger partial charge < -0.3 is 19.9 Å². The third kappa shape index (κ3) is 5.87. The lowest BCUT2D eigenvalue weighted by molar-refractivity contribution is 0.177. The first-order valence-corrected chi connectivity index (χ1v) is 9.56. The number of halogens is 1. The van der Waals surface area contributed by atoms with Gasteiger partial charge in [-0.05, 0) is 13.3 Å². The van der Waals surface area contributed by atoms with Gasteiger partial charge in [-0.15, -0.1) is 34.2 Å². The minimum atomic E-state index is 0. The molecule has 0 aliphatic carbocycles. The Bertz CT molecular complexity index is 758. The van der Waals surface area contributed by atoms with Crippen LogP contribution >= 0.6 is 24.0 Å². The van der Waals surface area contributed by atoms with Crippen molar-refractivity contribution in [1.29, 1.82) is 0 Å². The van der Waals surface area contributed by atoms with Crippen LogP contribution in [0.4, 0.5) is 0 Å². The average molecular weight is 503 g/mol. The SMILES string of the molecule is CCNC(=NCCn1cnnc1CC)NC1CCc2nc(COC)nn2C1.I. The zero-order chi connectivity index (χ0) is 19.1. The molecule has 1 aliphatic heterocycles. The highest BCUT2D eigenvalue weighted by molar-refractivity contribution is 14.0. The van der Waals surface area contributed by atoms with Gasteiger partial charge in [0.25, 0.3) is 0 Å². The van der Waals surface area contributed by atoms with E-state index in [0.717, 1.165) is 62.3 Å². The van der Waals surface area contributed by atoms with Gasteiger partial charge in [-0.3, -0.25) is 4.99 Å². The van der Waals surface area contributed by atoms with E-state index in [1.165, 1.54) is 0 Å². The van der Waals surface area contributed by atoms with Crippen LogP contribution < -0.4 is 10.6 Å². The number of rotatable bonds is 8. The van der Waals surface area contributed by atoms with Gasteiger partial charge in [0.15, 0.2) is 11.8 Å². The Balaban J connectivity index is 0.00000280. The third-order valence-electron chi connectivity index (χ3n) is 4.48. The van der Waals surface area contributed by atoms with Crippen molar-refractivity contribution in [1.82, 2.24) is 40.2 Å². The quantitative estimate of drug-likeness (QED) is 0.311. The lowest BCUT2D eigenvalue weighted by Crippen LogP contribution is -2.47. The molecule has 0 radical (unpaired) electrons. The van der Waals surface area contributed by atoms with Gasteiger partial charge in [-0.1, -0.05) is 6.92 Å². The second-order valence-corrected chi connectivity index (χ2v) is 6.49. The van der Waals surface area contributed by atoms with Crippen LogP contribution in [0.3, 0.4) is 0 Å². The second kappa shape index (κ2) is 11.3. The van der Waals surface area contributed by atoms with Gasteiger partial charge in [0.1, 0.15) is 24.6 Å². The van der Waals surface area contributed by atoms with Crippen molar-refractivity contribution in [2.45, 2.75) is 58.8 Å². The molecule has 156 valence electrons. The minimum absolute atomic E-state index is 0. The fourth-order valence-corrected chi connectivity index (χ4v) is 3.19. The van der Waals surface area contributed by atoms with E-state index in [2.05, 4.69) is 44.8 Å². The molecule has 0 fully saturated rings. The first-order valence-electron chi connectivity index (χ1n) is 9.56. The van der Waals surface area contributed by atoms with E-state index in [-0.39, 0.29) is 30.0 Å². The van der Waals surface area contributed by atoms with Gasteiger partial charge in [0, 0.05) is 39.1 Å². The van der Waals surface area contributed by atoms with Crippen molar-refractivity contribution in [3.05, 3.63) is 23.8 Å². The maximum absolute atomic E-state index is 5.13. The van der Waals surface area contributed by atoms with Crippen molar-refractivity contribution in [2.75, 3.05) is 20.2 Å². The van der Waals surface area contributed by atoms with Crippen molar-refractivity contribution >= 4 is 29.9 Å². The minimum Gasteiger partial charge on any atom is -0.377 e. The summed E-state index contributed by atoms with van der Waals surface area (Å²) in [4.78, 5) is 9.22. The number of ether oxygens (including phenoxy) is 1. The number of aryl methyl sites for hydroxylation is 2. The van der Waals surface area contributed by atoms with Crippen LogP contribution in [-0.4, -0.2) is 61.7 Å². The van der Waals surface area contributed by atoms with E-state index in [1.807, 2.05) is 9.25 Å². The first kappa shape index (κ1) is 22.5. The number of hydrogen-bond donors (Lipinski definition) is 2. The number of nitrogens with one attached hydrogen (secondary N) is 2. The molecule has 10 nitrogen and oxygen atoms in total. The molecule has 3 heterocycles. The van der Waals surface area contributed by atoms with Crippen LogP contribution in [0.25, 0.3) is 0 Å². The van der Waals surface area contributed by atoms with Gasteiger partial charge >= 0.3 is 0 Å². The summed E-state index contributed by atoms with van der Waals surface area (Å²) >= 11 is 0. The number of aliphatic imine (C=N–C) groups is 1. The van der Waals surface area contributed by atoms with Crippen LogP contribution in [0.2, 0.25) is 0 Å². The molecule has 2 aromatic rings. The van der Waals surface area contributed by atoms with Crippen molar-refractivity contribution in [3.63, 3.8) is 0 Å². The molecule has 0 bridgehead atoms. The Kier molecular flexibility index (Phi) is 9.09. The van der Waals surface area contributed by atoms with Crippen molar-refractivity contribution in [2.24, 2.45) is 4.99 Å². The Morgan fingerprint density at radius 2 is 2.25 bits per heavy atom. The summed E-state index contributed by atoms with van der Waals surface area (Å²) in [6.07, 6.45) is 4.53. The summed E-state index contributed by atoms with van der Waals surface area (Å²) in [5.74, 6) is 3.59. The summed E-state index contributed by atoms with van der Waals surface area (Å²) in [6.45, 7) is 7.63. The standard InChI is InChI=1S/C17H29N9O.HI/c1-4-15-23-20-12-25(15)9-8-19-17(18-5-2)21-13-6-7-16-22-14(11-27-3)24-26(16)10-13;/h12-13H,4-11H2,1-3H3,(H2,18,19,21);1H. The van der Waals surface area contributed by atoms with E-state index >= 15 is 0 Å². The monoisotopic (exact) mass is 503 g/mol. The highest BCUT2D eigenvalue weighted by Crippen LogP contribution is 2.13. The van der Waals surface area contributed by atoms with Crippen molar-refractivity contribution in [3.8, 4) is 0 Å². The number of aromatic nitrogens is 6. The Hall–Kier alpha value is -1.76. The zero-order valence-corrected chi connectivity index (χ0v) is 19.1. The smallest absolute Gasteiger partial charge is 0.191 e. The molecule has 1 aliphatic rings. The second-order valence-electron chi connectivity index (χ2n) is 6.49. The Morgan fingerprint density at radius 1 is 1.39 bits per heavy atom. The van der Waals surface area contributed by atoms with E-state index in [4.69, 9.17) is 9.73 Å². The maximum atomic E-state index is 5.13. The molecule has 3 rings (SSSR count). The molecule has 2 N–H and O–H groups in total. The van der Waals surface area contributed by atoms with Crippen LogP contribution in [0, 0.1) is 0 Å². The summed E-state index contributed by atoms with van der Waals surface area (Å²) in [5.41, 5.74) is 0. The average Bonchev–Trinajstić information content (AvgIpc) is 3.27. The van der Waals surface area contributed by atoms with Crippen LogP contribution in [0.5, 0.6) is 0 Å². The number of methoxy groups -OCH3 is 1. The molecular formula is C17H30IN9O. The largest absolute Gasteiger partial charge is 0.377 e. The zero-order valence-electron chi connectivity index (χ0n) is 16.8. The van der Waals surface area contributed by atoms with Gasteiger partial charge in [-0.2, -0.15) is 5.10 Å². The molecule has 0 spiro atoms. The highest BCUT2D eigenvalue weighted by Gasteiger charge is 2.22. The van der Waals surface area contributed by atoms with E-state index < -0.39 is 0 Å². The topological polar surface area (TPSA) is 107 Å². The molecule has 2 aromatic heterocycles. The lowest BCUT2D eigenvalue weighted by Gasteiger charge is -2.25. The Labute approximate surface area is 182 Å². The third-order valence-corrected chi connectivity index (χ3v) is 4.48. The number of nitrogens with zero attached hydrogens (tertiary/aromatic N) is 7. The van der Waals surface area contributed by atoms with Crippen LogP contribution in [0.15, 0.2) is 11.3 Å². The van der Waals surface area contributed by atoms with Gasteiger partial charge in [0.2, 0.25) is 0 Å². The highest BCUT2D eigenvalue weighted by atomic mass is 127. The molecule has 11 heteroatoms. The van der Waals surface area contributed by atoms with Crippen LogP contribution in [-0.2, 0) is 37.3 Å². The first-order chi connectivity index (χ1) is 13.2. The van der Waals surface area contributed by atoms with Crippen LogP contribution in [0.1, 0.15) is 37.7 Å². The summed E-state index contributed by atoms with van der Waals surface area (Å²) in [5, 5.41) is 19.4. The number of hydrogen-bond acceptors (Lipinski definition) is 6. The molecule has 1 atom stereocenters. The maximum Gasteiger partial charge on any atom is 0.191 e. The fourth-order valence-electron chi connectivity index (χ4n) is 3.19. The van der Waals surface area contributed by atoms with Crippen molar-refractivity contribution < 1.29 is 4.74 Å². The van der Waals surface area contributed by atoms with E-state index in [0.29, 0.717) is 13.2 Å².